The van der Waals surface area contributed by atoms with Gasteiger partial charge in [0.1, 0.15) is 0 Å². The topological polar surface area (TPSA) is 56.8 Å². The van der Waals surface area contributed by atoms with E-state index in [1.807, 2.05) is 4.90 Å². The normalized spacial score (nSPS) is 29.0. The SMILES string of the molecule is O=C(NCC1CNCCCO1)N1CCC2(CCCN(Cc3ccccc3)C2)C1. The fourth-order valence-corrected chi connectivity index (χ4v) is 4.94. The number of benzene rings is 1. The predicted octanol–water partition coefficient (Wildman–Crippen LogP) is 2.06. The summed E-state index contributed by atoms with van der Waals surface area (Å²) in [6.45, 7) is 8.21. The maximum Gasteiger partial charge on any atom is 0.317 e. The molecule has 0 radical (unpaired) electrons. The van der Waals surface area contributed by atoms with Crippen molar-refractivity contribution in [1.82, 2.24) is 20.4 Å². The fourth-order valence-electron chi connectivity index (χ4n) is 4.94. The lowest BCUT2D eigenvalue weighted by Crippen LogP contribution is -2.47. The van der Waals surface area contributed by atoms with Crippen LogP contribution in [0.3, 0.4) is 0 Å². The van der Waals surface area contributed by atoms with Crippen LogP contribution in [0.4, 0.5) is 4.79 Å². The molecule has 2 N–H and O–H groups in total. The molecule has 3 fully saturated rings. The smallest absolute Gasteiger partial charge is 0.317 e. The Morgan fingerprint density at radius 2 is 2.07 bits per heavy atom. The summed E-state index contributed by atoms with van der Waals surface area (Å²) in [7, 11) is 0. The van der Waals surface area contributed by atoms with Crippen LogP contribution in [0.15, 0.2) is 30.3 Å². The summed E-state index contributed by atoms with van der Waals surface area (Å²) in [4.78, 5) is 17.3. The monoisotopic (exact) mass is 386 g/mol. The van der Waals surface area contributed by atoms with E-state index in [9.17, 15) is 4.79 Å². The van der Waals surface area contributed by atoms with Crippen LogP contribution in [0.2, 0.25) is 0 Å². The molecular formula is C22H34N4O2. The summed E-state index contributed by atoms with van der Waals surface area (Å²) in [5.74, 6) is 0. The summed E-state index contributed by atoms with van der Waals surface area (Å²) >= 11 is 0. The molecule has 6 nitrogen and oxygen atoms in total. The van der Waals surface area contributed by atoms with Crippen molar-refractivity contribution in [3.05, 3.63) is 35.9 Å². The maximum absolute atomic E-state index is 12.7. The van der Waals surface area contributed by atoms with Gasteiger partial charge in [-0.05, 0) is 44.3 Å². The number of hydrogen-bond acceptors (Lipinski definition) is 4. The van der Waals surface area contributed by atoms with Crippen molar-refractivity contribution in [1.29, 1.82) is 0 Å². The molecule has 1 aromatic carbocycles. The molecule has 3 saturated heterocycles. The van der Waals surface area contributed by atoms with E-state index in [0.29, 0.717) is 6.54 Å². The first kappa shape index (κ1) is 19.7. The summed E-state index contributed by atoms with van der Waals surface area (Å²) in [5, 5.41) is 6.47. The van der Waals surface area contributed by atoms with Crippen molar-refractivity contribution in [2.45, 2.75) is 38.3 Å². The van der Waals surface area contributed by atoms with Crippen LogP contribution in [0.1, 0.15) is 31.2 Å². The summed E-state index contributed by atoms with van der Waals surface area (Å²) in [6, 6.07) is 10.8. The lowest BCUT2D eigenvalue weighted by molar-refractivity contribution is 0.0666. The molecule has 3 heterocycles. The van der Waals surface area contributed by atoms with Gasteiger partial charge in [0.15, 0.2) is 0 Å². The number of ether oxygens (including phenoxy) is 1. The summed E-state index contributed by atoms with van der Waals surface area (Å²) < 4.78 is 5.79. The van der Waals surface area contributed by atoms with Crippen LogP contribution < -0.4 is 10.6 Å². The number of urea groups is 1. The van der Waals surface area contributed by atoms with E-state index in [1.165, 1.54) is 18.4 Å². The third kappa shape index (κ3) is 5.04. The number of rotatable bonds is 4. The zero-order valence-electron chi connectivity index (χ0n) is 16.9. The minimum atomic E-state index is 0.0740. The van der Waals surface area contributed by atoms with Gasteiger partial charge < -0.3 is 20.3 Å². The quantitative estimate of drug-likeness (QED) is 0.832. The fraction of sp³-hybridized carbons (Fsp3) is 0.682. The van der Waals surface area contributed by atoms with Crippen molar-refractivity contribution in [3.8, 4) is 0 Å². The summed E-state index contributed by atoms with van der Waals surface area (Å²) in [5.41, 5.74) is 1.65. The Morgan fingerprint density at radius 3 is 2.96 bits per heavy atom. The highest BCUT2D eigenvalue weighted by Gasteiger charge is 2.42. The molecule has 3 aliphatic rings. The van der Waals surface area contributed by atoms with Crippen molar-refractivity contribution < 1.29 is 9.53 Å². The first-order chi connectivity index (χ1) is 13.7. The van der Waals surface area contributed by atoms with Crippen molar-refractivity contribution in [2.75, 3.05) is 52.4 Å². The number of likely N-dealkylation sites (tertiary alicyclic amines) is 2. The number of hydrogen-bond donors (Lipinski definition) is 2. The van der Waals surface area contributed by atoms with Crippen molar-refractivity contribution in [3.63, 3.8) is 0 Å². The first-order valence-electron chi connectivity index (χ1n) is 10.8. The molecule has 0 saturated carbocycles. The van der Waals surface area contributed by atoms with Gasteiger partial charge in [-0.3, -0.25) is 4.90 Å². The Kier molecular flexibility index (Phi) is 6.50. The lowest BCUT2D eigenvalue weighted by Gasteiger charge is -2.40. The van der Waals surface area contributed by atoms with E-state index in [-0.39, 0.29) is 17.6 Å². The van der Waals surface area contributed by atoms with E-state index < -0.39 is 0 Å². The molecule has 2 atom stereocenters. The highest BCUT2D eigenvalue weighted by molar-refractivity contribution is 5.74. The number of carbonyl (C=O) groups is 1. The number of amides is 2. The lowest BCUT2D eigenvalue weighted by atomic mass is 9.79. The highest BCUT2D eigenvalue weighted by atomic mass is 16.5. The third-order valence-electron chi connectivity index (χ3n) is 6.42. The molecule has 2 amide bonds. The van der Waals surface area contributed by atoms with E-state index in [4.69, 9.17) is 4.74 Å². The average Bonchev–Trinajstić information content (AvgIpc) is 2.94. The molecule has 0 aliphatic carbocycles. The molecule has 0 aromatic heterocycles. The zero-order valence-corrected chi connectivity index (χ0v) is 16.9. The molecule has 1 spiro atoms. The molecule has 2 unspecified atom stereocenters. The van der Waals surface area contributed by atoms with Crippen LogP contribution in [0.25, 0.3) is 0 Å². The second-order valence-electron chi connectivity index (χ2n) is 8.71. The molecule has 4 rings (SSSR count). The van der Waals surface area contributed by atoms with Crippen LogP contribution in [-0.4, -0.2) is 74.4 Å². The molecule has 6 heteroatoms. The van der Waals surface area contributed by atoms with Gasteiger partial charge in [-0.1, -0.05) is 30.3 Å². The molecule has 0 bridgehead atoms. The number of piperidine rings is 1. The van der Waals surface area contributed by atoms with Crippen LogP contribution in [-0.2, 0) is 11.3 Å². The minimum Gasteiger partial charge on any atom is -0.375 e. The Hall–Kier alpha value is -1.63. The second kappa shape index (κ2) is 9.25. The van der Waals surface area contributed by atoms with Crippen LogP contribution in [0, 0.1) is 5.41 Å². The van der Waals surface area contributed by atoms with Gasteiger partial charge in [0, 0.05) is 51.3 Å². The van der Waals surface area contributed by atoms with Gasteiger partial charge in [-0.15, -0.1) is 0 Å². The van der Waals surface area contributed by atoms with Crippen LogP contribution >= 0.6 is 0 Å². The van der Waals surface area contributed by atoms with Gasteiger partial charge in [0.05, 0.1) is 6.10 Å². The van der Waals surface area contributed by atoms with E-state index in [2.05, 4.69) is 45.9 Å². The molecule has 28 heavy (non-hydrogen) atoms. The summed E-state index contributed by atoms with van der Waals surface area (Å²) in [6.07, 6.45) is 4.70. The largest absolute Gasteiger partial charge is 0.375 e. The number of nitrogens with one attached hydrogen (secondary N) is 2. The molecule has 1 aromatic rings. The Morgan fingerprint density at radius 1 is 1.18 bits per heavy atom. The second-order valence-corrected chi connectivity index (χ2v) is 8.71. The Balaban J connectivity index is 1.26. The van der Waals surface area contributed by atoms with E-state index in [1.54, 1.807) is 0 Å². The van der Waals surface area contributed by atoms with E-state index in [0.717, 1.165) is 65.3 Å². The van der Waals surface area contributed by atoms with Gasteiger partial charge >= 0.3 is 6.03 Å². The number of nitrogens with zero attached hydrogens (tertiary/aromatic N) is 2. The highest BCUT2D eigenvalue weighted by Crippen LogP contribution is 2.39. The third-order valence-corrected chi connectivity index (χ3v) is 6.42. The van der Waals surface area contributed by atoms with Gasteiger partial charge in [-0.2, -0.15) is 0 Å². The van der Waals surface area contributed by atoms with Crippen LogP contribution in [0.5, 0.6) is 0 Å². The molecule has 154 valence electrons. The maximum atomic E-state index is 12.7. The average molecular weight is 387 g/mol. The Bertz CT molecular complexity index is 633. The number of carbonyl (C=O) groups excluding carboxylic acids is 1. The van der Waals surface area contributed by atoms with Gasteiger partial charge in [0.2, 0.25) is 0 Å². The van der Waals surface area contributed by atoms with Crippen molar-refractivity contribution in [2.24, 2.45) is 5.41 Å². The predicted molar refractivity (Wildman–Crippen MR) is 110 cm³/mol. The molecular weight excluding hydrogens is 352 g/mol. The first-order valence-corrected chi connectivity index (χ1v) is 10.8. The Labute approximate surface area is 168 Å². The van der Waals surface area contributed by atoms with Gasteiger partial charge in [0.25, 0.3) is 0 Å². The van der Waals surface area contributed by atoms with Crippen molar-refractivity contribution >= 4 is 6.03 Å². The zero-order chi connectivity index (χ0) is 19.2. The van der Waals surface area contributed by atoms with E-state index >= 15 is 0 Å². The minimum absolute atomic E-state index is 0.0740. The molecule has 3 aliphatic heterocycles. The standard InChI is InChI=1S/C22H34N4O2/c27-21(24-15-20-14-23-10-5-13-28-20)26-12-9-22(18-26)8-4-11-25(17-22)16-19-6-2-1-3-7-19/h1-3,6-7,20,23H,4-5,8-18H2,(H,24,27). The van der Waals surface area contributed by atoms with Gasteiger partial charge in [-0.25, -0.2) is 4.79 Å².